The molecule has 3 nitrogen and oxygen atoms in total. The van der Waals surface area contributed by atoms with Crippen LogP contribution in [0.5, 0.6) is 0 Å². The fraction of sp³-hybridized carbons (Fsp3) is 0.462. The lowest BCUT2D eigenvalue weighted by atomic mass is 9.99. The second-order valence-electron chi connectivity index (χ2n) is 4.52. The number of benzene rings is 1. The maximum atomic E-state index is 13.6. The predicted octanol–water partition coefficient (Wildman–Crippen LogP) is 2.58. The van der Waals surface area contributed by atoms with Crippen molar-refractivity contribution in [2.24, 2.45) is 5.92 Å². The van der Waals surface area contributed by atoms with Crippen LogP contribution in [0.2, 0.25) is 0 Å². The fourth-order valence-corrected chi connectivity index (χ4v) is 2.85. The lowest BCUT2D eigenvalue weighted by Gasteiger charge is -2.23. The monoisotopic (exact) mass is 398 g/mol. The molecule has 0 radical (unpaired) electrons. The van der Waals surface area contributed by atoms with Crippen LogP contribution in [-0.4, -0.2) is 25.5 Å². The van der Waals surface area contributed by atoms with Gasteiger partial charge in [0.1, 0.15) is 5.82 Å². The van der Waals surface area contributed by atoms with Crippen molar-refractivity contribution in [2.45, 2.75) is 12.8 Å². The first-order chi connectivity index (χ1) is 8.68. The summed E-state index contributed by atoms with van der Waals surface area (Å²) in [5.41, 5.74) is 0.155. The number of hydrogen-bond acceptors (Lipinski definition) is 2. The summed E-state index contributed by atoms with van der Waals surface area (Å²) in [5, 5.41) is 6.12. The van der Waals surface area contributed by atoms with Gasteiger partial charge < -0.3 is 10.6 Å². The Bertz CT molecular complexity index is 418. The highest BCUT2D eigenvalue weighted by Gasteiger charge is 2.18. The zero-order valence-corrected chi connectivity index (χ0v) is 13.4. The van der Waals surface area contributed by atoms with E-state index < -0.39 is 5.82 Å². The number of nitrogens with one attached hydrogen (secondary N) is 2. The molecule has 1 heterocycles. The van der Waals surface area contributed by atoms with Gasteiger partial charge in [-0.25, -0.2) is 4.39 Å². The van der Waals surface area contributed by atoms with Crippen LogP contribution in [-0.2, 0) is 0 Å². The third kappa shape index (κ3) is 4.57. The van der Waals surface area contributed by atoms with E-state index in [1.165, 1.54) is 6.07 Å². The van der Waals surface area contributed by atoms with Gasteiger partial charge in [0.05, 0.1) is 5.56 Å². The van der Waals surface area contributed by atoms with Crippen molar-refractivity contribution in [3.63, 3.8) is 0 Å². The van der Waals surface area contributed by atoms with Crippen molar-refractivity contribution in [1.29, 1.82) is 0 Å². The first-order valence-corrected chi connectivity index (χ1v) is 7.19. The molecule has 0 spiro atoms. The molecule has 1 atom stereocenters. The zero-order valence-electron chi connectivity index (χ0n) is 10.4. The molecule has 1 aromatic carbocycles. The molecular weight excluding hydrogens is 382 g/mol. The second-order valence-corrected chi connectivity index (χ2v) is 5.68. The summed E-state index contributed by atoms with van der Waals surface area (Å²) in [7, 11) is 0. The molecule has 1 amide bonds. The predicted molar refractivity (Wildman–Crippen MR) is 84.3 cm³/mol. The first-order valence-electron chi connectivity index (χ1n) is 6.11. The van der Waals surface area contributed by atoms with Gasteiger partial charge in [0.2, 0.25) is 0 Å². The van der Waals surface area contributed by atoms with E-state index in [-0.39, 0.29) is 23.9 Å². The third-order valence-electron chi connectivity index (χ3n) is 3.14. The van der Waals surface area contributed by atoms with E-state index in [0.29, 0.717) is 16.0 Å². The molecule has 1 unspecified atom stereocenters. The third-order valence-corrected chi connectivity index (χ3v) is 4.04. The highest BCUT2D eigenvalue weighted by atomic mass is 127. The molecule has 2 N–H and O–H groups in total. The summed E-state index contributed by atoms with van der Waals surface area (Å²) in [6, 6.07) is 4.67. The number of rotatable bonds is 3. The van der Waals surface area contributed by atoms with Crippen LogP contribution in [0.1, 0.15) is 23.2 Å². The number of halogens is 3. The lowest BCUT2D eigenvalue weighted by Crippen LogP contribution is -2.38. The topological polar surface area (TPSA) is 41.1 Å². The molecule has 1 saturated heterocycles. The van der Waals surface area contributed by atoms with E-state index in [1.54, 1.807) is 12.1 Å². The highest BCUT2D eigenvalue weighted by molar-refractivity contribution is 14.1. The Morgan fingerprint density at radius 2 is 2.32 bits per heavy atom. The van der Waals surface area contributed by atoms with Crippen molar-refractivity contribution < 1.29 is 9.18 Å². The largest absolute Gasteiger partial charge is 0.352 e. The average Bonchev–Trinajstić information content (AvgIpc) is 2.37. The minimum atomic E-state index is -0.457. The highest BCUT2D eigenvalue weighted by Crippen LogP contribution is 2.16. The van der Waals surface area contributed by atoms with E-state index in [9.17, 15) is 9.18 Å². The molecule has 0 bridgehead atoms. The molecule has 1 aliphatic rings. The second kappa shape index (κ2) is 8.01. The van der Waals surface area contributed by atoms with Crippen LogP contribution in [0.4, 0.5) is 4.39 Å². The Balaban J connectivity index is 0.00000180. The molecule has 0 aromatic heterocycles. The molecular formula is C13H17ClFIN2O. The minimum absolute atomic E-state index is 0. The van der Waals surface area contributed by atoms with Gasteiger partial charge in [0.15, 0.2) is 0 Å². The van der Waals surface area contributed by atoms with Gasteiger partial charge in [0.25, 0.3) is 5.91 Å². The molecule has 0 aliphatic carbocycles. The fourth-order valence-electron chi connectivity index (χ4n) is 2.14. The van der Waals surface area contributed by atoms with Crippen LogP contribution in [0.25, 0.3) is 0 Å². The van der Waals surface area contributed by atoms with Crippen molar-refractivity contribution in [3.05, 3.63) is 33.1 Å². The van der Waals surface area contributed by atoms with Gasteiger partial charge >= 0.3 is 0 Å². The Hall–Kier alpha value is -0.400. The van der Waals surface area contributed by atoms with Crippen LogP contribution in [0, 0.1) is 15.3 Å². The lowest BCUT2D eigenvalue weighted by molar-refractivity contribution is 0.0940. The Morgan fingerprint density at radius 3 is 2.95 bits per heavy atom. The van der Waals surface area contributed by atoms with Crippen LogP contribution in [0.15, 0.2) is 18.2 Å². The number of hydrogen-bond donors (Lipinski definition) is 2. The molecule has 2 rings (SSSR count). The van der Waals surface area contributed by atoms with Crippen molar-refractivity contribution >= 4 is 40.9 Å². The molecule has 0 saturated carbocycles. The van der Waals surface area contributed by atoms with Crippen molar-refractivity contribution in [2.75, 3.05) is 19.6 Å². The van der Waals surface area contributed by atoms with Crippen molar-refractivity contribution in [3.8, 4) is 0 Å². The minimum Gasteiger partial charge on any atom is -0.352 e. The Labute approximate surface area is 132 Å². The average molecular weight is 399 g/mol. The summed E-state index contributed by atoms with van der Waals surface area (Å²) < 4.78 is 14.2. The molecule has 1 fully saturated rings. The number of piperidine rings is 1. The van der Waals surface area contributed by atoms with E-state index in [0.717, 1.165) is 25.9 Å². The van der Waals surface area contributed by atoms with Crippen LogP contribution < -0.4 is 10.6 Å². The van der Waals surface area contributed by atoms with Crippen LogP contribution >= 0.6 is 35.0 Å². The van der Waals surface area contributed by atoms with E-state index in [1.807, 2.05) is 22.6 Å². The molecule has 1 aromatic rings. The Morgan fingerprint density at radius 1 is 1.53 bits per heavy atom. The van der Waals surface area contributed by atoms with Gasteiger partial charge in [-0.1, -0.05) is 6.07 Å². The van der Waals surface area contributed by atoms with Gasteiger partial charge in [-0.05, 0) is 66.6 Å². The summed E-state index contributed by atoms with van der Waals surface area (Å²) in [4.78, 5) is 12.0. The quantitative estimate of drug-likeness (QED) is 0.769. The van der Waals surface area contributed by atoms with E-state index in [4.69, 9.17) is 0 Å². The maximum Gasteiger partial charge on any atom is 0.255 e. The molecule has 6 heteroatoms. The summed E-state index contributed by atoms with van der Waals surface area (Å²) in [5.74, 6) is -0.323. The molecule has 1 aliphatic heterocycles. The zero-order chi connectivity index (χ0) is 13.0. The van der Waals surface area contributed by atoms with Crippen molar-refractivity contribution in [1.82, 2.24) is 10.6 Å². The van der Waals surface area contributed by atoms with E-state index in [2.05, 4.69) is 10.6 Å². The number of amides is 1. The molecule has 106 valence electrons. The maximum absolute atomic E-state index is 13.6. The SMILES string of the molecule is Cl.O=C(NCC1CCCNC1)c1c(F)cccc1I. The van der Waals surface area contributed by atoms with Gasteiger partial charge in [-0.15, -0.1) is 12.4 Å². The summed E-state index contributed by atoms with van der Waals surface area (Å²) >= 11 is 1.98. The molecule has 19 heavy (non-hydrogen) atoms. The normalized spacial score (nSPS) is 18.5. The van der Waals surface area contributed by atoms with E-state index >= 15 is 0 Å². The van der Waals surface area contributed by atoms with Gasteiger partial charge in [-0.3, -0.25) is 4.79 Å². The van der Waals surface area contributed by atoms with Gasteiger partial charge in [0, 0.05) is 10.1 Å². The number of carbonyl (C=O) groups is 1. The smallest absolute Gasteiger partial charge is 0.255 e. The first kappa shape index (κ1) is 16.7. The summed E-state index contributed by atoms with van der Waals surface area (Å²) in [6.07, 6.45) is 2.25. The standard InChI is InChI=1S/C13H16FIN2O.ClH/c14-10-4-1-5-11(15)12(10)13(18)17-8-9-3-2-6-16-7-9;/h1,4-5,9,16H,2-3,6-8H2,(H,17,18);1H. The Kier molecular flexibility index (Phi) is 7.02. The van der Waals surface area contributed by atoms with Gasteiger partial charge in [-0.2, -0.15) is 0 Å². The van der Waals surface area contributed by atoms with Crippen LogP contribution in [0.3, 0.4) is 0 Å². The summed E-state index contributed by atoms with van der Waals surface area (Å²) in [6.45, 7) is 2.58. The number of carbonyl (C=O) groups excluding carboxylic acids is 1.